The number of rotatable bonds is 8. The number of carbonyl (C=O) groups excluding carboxylic acids is 1. The van der Waals surface area contributed by atoms with Crippen molar-refractivity contribution in [2.45, 2.75) is 17.0 Å². The van der Waals surface area contributed by atoms with Gasteiger partial charge in [0.2, 0.25) is 11.1 Å². The number of aromatic nitrogens is 3. The van der Waals surface area contributed by atoms with Gasteiger partial charge in [0, 0.05) is 4.90 Å². The first-order valence-corrected chi connectivity index (χ1v) is 10.9. The zero-order valence-electron chi connectivity index (χ0n) is 16.0. The monoisotopic (exact) mass is 427 g/mol. The Bertz CT molecular complexity index is 1000. The quantitative estimate of drug-likeness (QED) is 0.219. The zero-order chi connectivity index (χ0) is 20.6. The predicted octanol–water partition coefficient (Wildman–Crippen LogP) is 3.28. The maximum Gasteiger partial charge on any atom is 0.264 e. The molecule has 10 heteroatoms. The number of nitrogens with one attached hydrogen (secondary N) is 2. The normalized spacial score (nSPS) is 11.3. The van der Waals surface area contributed by atoms with Crippen LogP contribution in [0.2, 0.25) is 0 Å². The molecule has 1 heterocycles. The molecule has 0 aliphatic carbocycles. The fourth-order valence-electron chi connectivity index (χ4n) is 2.39. The third-order valence-corrected chi connectivity index (χ3v) is 5.63. The number of carbonyl (C=O) groups is 1. The second-order valence-electron chi connectivity index (χ2n) is 5.89. The van der Waals surface area contributed by atoms with E-state index in [0.717, 1.165) is 21.9 Å². The molecule has 0 saturated carbocycles. The molecular formula is C19H21N7OS2. The number of benzene rings is 2. The molecule has 8 nitrogen and oxygen atoms in total. The number of nitrogen functional groups attached to an aromatic ring is 1. The van der Waals surface area contributed by atoms with Gasteiger partial charge in [-0.1, -0.05) is 54.2 Å². The molecule has 150 valence electrons. The lowest BCUT2D eigenvalue weighted by Gasteiger charge is -2.08. The van der Waals surface area contributed by atoms with E-state index in [4.69, 9.17) is 5.84 Å². The molecule has 0 atom stereocenters. The van der Waals surface area contributed by atoms with Gasteiger partial charge in [0.05, 0.1) is 17.2 Å². The molecule has 0 spiro atoms. The summed E-state index contributed by atoms with van der Waals surface area (Å²) in [7, 11) is 0. The van der Waals surface area contributed by atoms with E-state index in [2.05, 4.69) is 26.0 Å². The lowest BCUT2D eigenvalue weighted by atomic mass is 10.1. The van der Waals surface area contributed by atoms with Crippen molar-refractivity contribution in [1.82, 2.24) is 14.9 Å². The molecule has 2 aromatic carbocycles. The minimum atomic E-state index is -0.146. The van der Waals surface area contributed by atoms with Crippen LogP contribution in [0.5, 0.6) is 0 Å². The van der Waals surface area contributed by atoms with Crippen LogP contribution >= 0.6 is 23.5 Å². The van der Waals surface area contributed by atoms with Crippen LogP contribution in [0.4, 0.5) is 11.6 Å². The Morgan fingerprint density at radius 1 is 1.14 bits per heavy atom. The summed E-state index contributed by atoms with van der Waals surface area (Å²) < 4.78 is 1.27. The highest BCUT2D eigenvalue weighted by molar-refractivity contribution is 7.99. The van der Waals surface area contributed by atoms with Crippen LogP contribution in [0.3, 0.4) is 0 Å². The van der Waals surface area contributed by atoms with Crippen molar-refractivity contribution in [3.63, 3.8) is 0 Å². The molecular weight excluding hydrogens is 406 g/mol. The van der Waals surface area contributed by atoms with Gasteiger partial charge in [-0.15, -0.1) is 22.0 Å². The van der Waals surface area contributed by atoms with E-state index in [1.54, 1.807) is 11.8 Å². The number of anilines is 2. The van der Waals surface area contributed by atoms with Crippen molar-refractivity contribution < 1.29 is 4.79 Å². The van der Waals surface area contributed by atoms with Crippen molar-refractivity contribution in [1.29, 1.82) is 0 Å². The summed E-state index contributed by atoms with van der Waals surface area (Å²) in [6.07, 6.45) is 1.97. The van der Waals surface area contributed by atoms with Gasteiger partial charge in [0.15, 0.2) is 0 Å². The van der Waals surface area contributed by atoms with Gasteiger partial charge >= 0.3 is 0 Å². The van der Waals surface area contributed by atoms with Crippen LogP contribution in [0.1, 0.15) is 12.5 Å². The third kappa shape index (κ3) is 5.52. The van der Waals surface area contributed by atoms with E-state index in [-0.39, 0.29) is 17.6 Å². The maximum atomic E-state index is 12.3. The van der Waals surface area contributed by atoms with E-state index >= 15 is 0 Å². The van der Waals surface area contributed by atoms with Gasteiger partial charge in [0.25, 0.3) is 5.95 Å². The number of nitrogens with zero attached hydrogens (tertiary/aromatic N) is 4. The summed E-state index contributed by atoms with van der Waals surface area (Å²) in [5.74, 6) is 6.32. The molecule has 0 bridgehead atoms. The molecule has 3 aromatic rings. The van der Waals surface area contributed by atoms with Gasteiger partial charge in [-0.25, -0.2) is 10.1 Å². The van der Waals surface area contributed by atoms with Crippen molar-refractivity contribution in [2.24, 2.45) is 5.10 Å². The van der Waals surface area contributed by atoms with E-state index in [0.29, 0.717) is 5.16 Å². The summed E-state index contributed by atoms with van der Waals surface area (Å²) in [6.45, 7) is 1.88. The van der Waals surface area contributed by atoms with Gasteiger partial charge < -0.3 is 11.2 Å². The van der Waals surface area contributed by atoms with Gasteiger partial charge in [-0.05, 0) is 30.9 Å². The lowest BCUT2D eigenvalue weighted by molar-refractivity contribution is -0.113. The predicted molar refractivity (Wildman–Crippen MR) is 120 cm³/mol. The number of hydrazone groups is 1. The topological polar surface area (TPSA) is 110 Å². The van der Waals surface area contributed by atoms with Gasteiger partial charge in [-0.2, -0.15) is 5.10 Å². The van der Waals surface area contributed by atoms with Crippen LogP contribution < -0.4 is 16.6 Å². The van der Waals surface area contributed by atoms with Crippen molar-refractivity contribution in [2.75, 3.05) is 28.6 Å². The standard InChI is InChI=1S/C19H21N7OS2/c1-13(14-8-4-3-5-9-14)22-23-18-24-25-19(26(18)20)29-12-17(27)21-15-10-6-7-11-16(15)28-2/h3-11H,12,20H2,1-2H3,(H,21,27)(H,23,24)/b22-13+. The average Bonchev–Trinajstić information content (AvgIpc) is 3.11. The molecule has 0 saturated heterocycles. The zero-order valence-corrected chi connectivity index (χ0v) is 17.6. The summed E-state index contributed by atoms with van der Waals surface area (Å²) in [6, 6.07) is 17.4. The summed E-state index contributed by atoms with van der Waals surface area (Å²) in [5, 5.41) is 15.6. The molecule has 0 fully saturated rings. The highest BCUT2D eigenvalue weighted by Crippen LogP contribution is 2.25. The van der Waals surface area contributed by atoms with Gasteiger partial charge in [-0.3, -0.25) is 4.79 Å². The molecule has 1 amide bonds. The van der Waals surface area contributed by atoms with Crippen molar-refractivity contribution in [3.05, 3.63) is 60.2 Å². The Morgan fingerprint density at radius 3 is 2.62 bits per heavy atom. The fraction of sp³-hybridized carbons (Fsp3) is 0.158. The molecule has 0 unspecified atom stereocenters. The van der Waals surface area contributed by atoms with Crippen LogP contribution in [0, 0.1) is 0 Å². The minimum Gasteiger partial charge on any atom is -0.334 e. The number of amides is 1. The Kier molecular flexibility index (Phi) is 7.14. The Labute approximate surface area is 177 Å². The largest absolute Gasteiger partial charge is 0.334 e. The second kappa shape index (κ2) is 9.99. The first-order valence-electron chi connectivity index (χ1n) is 8.70. The molecule has 0 radical (unpaired) electrons. The number of hydrogen-bond acceptors (Lipinski definition) is 8. The highest BCUT2D eigenvalue weighted by Gasteiger charge is 2.13. The molecule has 0 aliphatic rings. The van der Waals surface area contributed by atoms with E-state index in [1.807, 2.05) is 67.8 Å². The summed E-state index contributed by atoms with van der Waals surface area (Å²) >= 11 is 2.77. The number of thioether (sulfide) groups is 2. The SMILES string of the molecule is CSc1ccccc1NC(=O)CSc1nnc(N/N=C(\C)c2ccccc2)n1N. The number of para-hydroxylation sites is 1. The third-order valence-electron chi connectivity index (χ3n) is 3.89. The van der Waals surface area contributed by atoms with E-state index < -0.39 is 0 Å². The minimum absolute atomic E-state index is 0.146. The second-order valence-corrected chi connectivity index (χ2v) is 7.68. The average molecular weight is 428 g/mol. The smallest absolute Gasteiger partial charge is 0.264 e. The van der Waals surface area contributed by atoms with Crippen molar-refractivity contribution >= 4 is 46.8 Å². The van der Waals surface area contributed by atoms with E-state index in [9.17, 15) is 4.79 Å². The van der Waals surface area contributed by atoms with E-state index in [1.165, 1.54) is 16.4 Å². The van der Waals surface area contributed by atoms with Crippen LogP contribution in [-0.2, 0) is 4.79 Å². The summed E-state index contributed by atoms with van der Waals surface area (Å²) in [4.78, 5) is 13.3. The molecule has 1 aromatic heterocycles. The Morgan fingerprint density at radius 2 is 1.86 bits per heavy atom. The van der Waals surface area contributed by atoms with Crippen LogP contribution in [0.25, 0.3) is 0 Å². The molecule has 29 heavy (non-hydrogen) atoms. The molecule has 4 N–H and O–H groups in total. The number of nitrogens with two attached hydrogens (primary N) is 1. The number of hydrogen-bond donors (Lipinski definition) is 3. The Hall–Kier alpha value is -2.98. The maximum absolute atomic E-state index is 12.3. The lowest BCUT2D eigenvalue weighted by Crippen LogP contribution is -2.17. The fourth-order valence-corrected chi connectivity index (χ4v) is 3.60. The Balaban J connectivity index is 1.57. The summed E-state index contributed by atoms with van der Waals surface area (Å²) in [5.41, 5.74) is 5.37. The first-order chi connectivity index (χ1) is 14.1. The first kappa shape index (κ1) is 20.7. The van der Waals surface area contributed by atoms with Crippen LogP contribution in [0.15, 0.2) is 69.8 Å². The molecule has 3 rings (SSSR count). The van der Waals surface area contributed by atoms with Gasteiger partial charge in [0.1, 0.15) is 0 Å². The van der Waals surface area contributed by atoms with Crippen LogP contribution in [-0.4, -0.2) is 38.5 Å². The molecule has 0 aliphatic heterocycles. The van der Waals surface area contributed by atoms with Crippen molar-refractivity contribution in [3.8, 4) is 0 Å². The highest BCUT2D eigenvalue weighted by atomic mass is 32.2.